The number of esters is 5. The van der Waals surface area contributed by atoms with Crippen LogP contribution in [-0.2, 0) is 134 Å². The Morgan fingerprint density at radius 2 is 0.948 bits per heavy atom. The third kappa shape index (κ3) is 26.8. The Morgan fingerprint density at radius 1 is 0.504 bits per heavy atom. The maximum absolute atomic E-state index is 12.2. The fraction of sp³-hybridized carbons (Fsp3) is 0.602. The standard InChI is InChI=1S/C24H33NO7.C18H22O6.C15H18O4.C12H15NO4.C12H24O2.C11H13NO4.C11H22O2/c1-16(6-8-20(26)31-14-11-25-9-12-30-13-10-25)5-7-18-22(28-3)17(2)19-15-32-24(27)21(19)23(18)29-4;1-10(6-8-14(19)22-3)5-7-12-16(20)15-13(9-24-18(15)21)11(2)17(12)23-4;1-8(2)5-6-10-13(16)12-11(7-19-15(12)17)9(3)14(10)18-4;1-8-6-13(11(15)5-10(8)14)12-4-3-9(17-12)7-16-2;1-9(2)10(3,4)12(7,13-8)14-11(9,5)6;1-7-6-12(9(14)5-8(7)13)10-3-4-11(15-2)16-10;1-9(2)7-11(5,8-12-6)13-10(9,3)4/h5H,6-15H2,1-4H3;5,20H,6-9H2,1-4H3;5,16H,6-7H2,1-4H3;3-4,6,9,12H,5,7H2,1-2H3;1-8H3;3-4,6,10-11H,5H2,1-2H3;7-8H2,1-6H3/b16-5+;10-5+;;;;;/t;;;;12-;;11-/m....0.0/s1. The Hall–Kier alpha value is -10.1. The van der Waals surface area contributed by atoms with E-state index in [2.05, 4.69) is 85.8 Å². The maximum atomic E-state index is 12.2. The van der Waals surface area contributed by atoms with Gasteiger partial charge in [-0.1, -0.05) is 82.6 Å². The molecule has 10 aliphatic rings. The van der Waals surface area contributed by atoms with Gasteiger partial charge in [-0.25, -0.2) is 14.4 Å². The van der Waals surface area contributed by atoms with Gasteiger partial charge in [0.2, 0.25) is 11.8 Å². The van der Waals surface area contributed by atoms with Crippen LogP contribution in [-0.4, -0.2) is 242 Å². The lowest BCUT2D eigenvalue weighted by atomic mass is 9.60. The number of aromatic hydroxyl groups is 2. The minimum atomic E-state index is -0.513. The number of allylic oxidation sites excluding steroid dienone is 8. The molecular weight excluding hydrogens is 1740 g/mol. The van der Waals surface area contributed by atoms with Crippen LogP contribution in [0.25, 0.3) is 0 Å². The lowest BCUT2D eigenvalue weighted by molar-refractivity contribution is -0.252. The Morgan fingerprint density at radius 3 is 1.36 bits per heavy atom. The monoisotopic (exact) mass is 1890 g/mol. The summed E-state index contributed by atoms with van der Waals surface area (Å²) in [4.78, 5) is 110. The number of ketones is 2. The molecule has 3 aromatic carbocycles. The molecule has 0 bridgehead atoms. The number of carbonyl (C=O) groups excluding carboxylic acids is 9. The van der Waals surface area contributed by atoms with Gasteiger partial charge in [0.15, 0.2) is 36.1 Å². The number of carbonyl (C=O) groups is 9. The van der Waals surface area contributed by atoms with Crippen molar-refractivity contribution in [3.63, 3.8) is 0 Å². The molecular formula is C103H147N3O29. The second-order valence-electron chi connectivity index (χ2n) is 38.1. The molecule has 0 aromatic heterocycles. The van der Waals surface area contributed by atoms with Crippen molar-refractivity contribution in [2.75, 3.05) is 117 Å². The normalized spacial score (nSPS) is 22.8. The second-order valence-corrected chi connectivity index (χ2v) is 38.1. The van der Waals surface area contributed by atoms with E-state index in [0.717, 1.165) is 89.4 Å². The van der Waals surface area contributed by atoms with Crippen LogP contribution in [0.3, 0.4) is 0 Å². The van der Waals surface area contributed by atoms with Gasteiger partial charge in [0.05, 0.1) is 91.6 Å². The molecule has 10 heterocycles. The highest BCUT2D eigenvalue weighted by molar-refractivity contribution is 6.10. The number of morpholine rings is 1. The first-order chi connectivity index (χ1) is 63.3. The van der Waals surface area contributed by atoms with Crippen molar-refractivity contribution in [2.45, 2.75) is 277 Å². The Balaban J connectivity index is 0.000000220. The van der Waals surface area contributed by atoms with Crippen LogP contribution >= 0.6 is 0 Å². The number of hydrogen-bond acceptors (Lipinski definition) is 30. The number of phenolic OH excluding ortho intramolecular Hbond substituents is 2. The smallest absolute Gasteiger partial charge is 0.342 e. The average Bonchev–Trinajstić information content (AvgIpc) is 1.54. The summed E-state index contributed by atoms with van der Waals surface area (Å²) in [6, 6.07) is 0. The van der Waals surface area contributed by atoms with E-state index in [1.54, 1.807) is 80.9 Å². The van der Waals surface area contributed by atoms with Gasteiger partial charge < -0.3 is 95.5 Å². The van der Waals surface area contributed by atoms with E-state index in [1.807, 2.05) is 79.7 Å². The first-order valence-electron chi connectivity index (χ1n) is 45.6. The fourth-order valence-corrected chi connectivity index (χ4v) is 17.4. The van der Waals surface area contributed by atoms with Gasteiger partial charge >= 0.3 is 29.8 Å². The molecule has 2 N–H and O–H groups in total. The van der Waals surface area contributed by atoms with Crippen LogP contribution in [0.2, 0.25) is 0 Å². The highest BCUT2D eigenvalue weighted by atomic mass is 16.7. The summed E-state index contributed by atoms with van der Waals surface area (Å²) in [6.45, 7) is 49.2. The zero-order valence-electron chi connectivity index (χ0n) is 85.1. The number of phenols is 2. The van der Waals surface area contributed by atoms with E-state index in [0.29, 0.717) is 121 Å². The van der Waals surface area contributed by atoms with Crippen molar-refractivity contribution in [3.05, 3.63) is 150 Å². The van der Waals surface area contributed by atoms with E-state index in [4.69, 9.17) is 80.5 Å². The lowest BCUT2D eigenvalue weighted by Crippen LogP contribution is -2.47. The highest BCUT2D eigenvalue weighted by Gasteiger charge is 2.66. The summed E-state index contributed by atoms with van der Waals surface area (Å²) in [5, 5.41) is 20.8. The quantitative estimate of drug-likeness (QED) is 0.0310. The van der Waals surface area contributed by atoms with Crippen molar-refractivity contribution in [1.29, 1.82) is 0 Å². The van der Waals surface area contributed by atoms with Gasteiger partial charge in [-0.3, -0.25) is 43.5 Å². The summed E-state index contributed by atoms with van der Waals surface area (Å²) in [5.41, 5.74) is 12.0. The van der Waals surface area contributed by atoms with E-state index in [9.17, 15) is 53.4 Å². The van der Waals surface area contributed by atoms with E-state index >= 15 is 0 Å². The predicted molar refractivity (Wildman–Crippen MR) is 504 cm³/mol. The van der Waals surface area contributed by atoms with Gasteiger partial charge in [0, 0.05) is 129 Å². The molecule has 4 unspecified atom stereocenters. The van der Waals surface area contributed by atoms with Crippen molar-refractivity contribution >= 4 is 53.2 Å². The molecule has 135 heavy (non-hydrogen) atoms. The van der Waals surface area contributed by atoms with Crippen LogP contribution in [0.1, 0.15) is 251 Å². The second kappa shape index (κ2) is 48.3. The fourth-order valence-electron chi connectivity index (χ4n) is 17.4. The number of nitrogens with zero attached hydrogens (tertiary/aromatic N) is 3. The van der Waals surface area contributed by atoms with Crippen molar-refractivity contribution in [3.8, 4) is 34.5 Å². The summed E-state index contributed by atoms with van der Waals surface area (Å²) < 4.78 is 96.5. The molecule has 3 fully saturated rings. The number of rotatable bonds is 27. The molecule has 0 spiro atoms. The zero-order valence-corrected chi connectivity index (χ0v) is 85.1. The molecule has 748 valence electrons. The minimum absolute atomic E-state index is 0.0156. The van der Waals surface area contributed by atoms with Crippen LogP contribution in [0.4, 0.5) is 0 Å². The van der Waals surface area contributed by atoms with Gasteiger partial charge in [-0.15, -0.1) is 0 Å². The number of amides is 2. The first kappa shape index (κ1) is 112. The van der Waals surface area contributed by atoms with E-state index < -0.39 is 36.5 Å². The summed E-state index contributed by atoms with van der Waals surface area (Å²) in [6.07, 6.45) is 18.8. The van der Waals surface area contributed by atoms with Gasteiger partial charge in [0.1, 0.15) is 83.7 Å². The van der Waals surface area contributed by atoms with Gasteiger partial charge in [-0.05, 0) is 183 Å². The first-order valence-corrected chi connectivity index (χ1v) is 45.6. The maximum Gasteiger partial charge on any atom is 0.342 e. The van der Waals surface area contributed by atoms with Crippen molar-refractivity contribution < 1.29 is 139 Å². The molecule has 32 heteroatoms. The van der Waals surface area contributed by atoms with Crippen LogP contribution in [0.15, 0.2) is 82.8 Å². The third-order valence-corrected chi connectivity index (χ3v) is 27.4. The topological polar surface area (TPSA) is 370 Å². The van der Waals surface area contributed by atoms with E-state index in [-0.39, 0.29) is 136 Å². The largest absolute Gasteiger partial charge is 0.507 e. The summed E-state index contributed by atoms with van der Waals surface area (Å²) in [5.74, 6) is -0.762. The summed E-state index contributed by atoms with van der Waals surface area (Å²) >= 11 is 0. The van der Waals surface area contributed by atoms with Crippen LogP contribution < -0.4 is 18.9 Å². The molecule has 0 radical (unpaired) electrons. The van der Waals surface area contributed by atoms with Gasteiger partial charge in [0.25, 0.3) is 0 Å². The third-order valence-electron chi connectivity index (χ3n) is 27.4. The lowest BCUT2D eigenvalue weighted by Gasteiger charge is -2.44. The minimum Gasteiger partial charge on any atom is -0.507 e. The van der Waals surface area contributed by atoms with Crippen molar-refractivity contribution in [1.82, 2.24) is 14.7 Å². The van der Waals surface area contributed by atoms with Crippen molar-refractivity contribution in [2.24, 2.45) is 16.2 Å². The number of benzene rings is 3. The molecule has 10 aliphatic heterocycles. The molecule has 2 amide bonds. The molecule has 3 aromatic rings. The average molecular weight is 1890 g/mol. The molecule has 32 nitrogen and oxygen atoms in total. The number of Topliss-reactive ketones (excluding diaryl/α,β-unsaturated/α-hetero) is 2. The Labute approximate surface area is 796 Å². The number of cyclic esters (lactones) is 3. The Kier molecular flexibility index (Phi) is 40.0. The van der Waals surface area contributed by atoms with E-state index in [1.165, 1.54) is 37.3 Å². The van der Waals surface area contributed by atoms with Gasteiger partial charge in [-0.2, -0.15) is 0 Å². The number of methoxy groups -OCH3 is 9. The zero-order chi connectivity index (χ0) is 101. The molecule has 13 rings (SSSR count). The molecule has 0 aliphatic carbocycles. The molecule has 0 saturated carbocycles. The number of hydrogen-bond donors (Lipinski definition) is 2. The SMILES string of the molecule is COC(=O)CC/C(C)=C/Cc1c(O)c2c(c(C)c1OC)COC2=O.COC1C=CC(N2C=C(C)C(=O)CC2=O)O1.COCC1C=CC(N2C=C(C)C(=O)CC2=O)O1.COC[C@]1(C)CC(C)(C)C(C)(C)O1.CO[C@@]1(C)OC(C)(C)C(C)(C)C1(C)C.COc1c(C)c2c(c(O)c1CC=C(C)C)C(=O)OC2.COc1c(C)c2c(c(OC)c1C/C=C(\C)CCC(=O)OCCN1CCOCC1)C(=O)OC2. The number of ether oxygens (including phenoxy) is 18. The molecule has 6 atom stereocenters. The van der Waals surface area contributed by atoms with Crippen LogP contribution in [0, 0.1) is 37.0 Å². The number of fused-ring (bicyclic) bond motifs is 3. The highest BCUT2D eigenvalue weighted by Crippen LogP contribution is 2.63. The summed E-state index contributed by atoms with van der Waals surface area (Å²) in [7, 11) is 14.2. The van der Waals surface area contributed by atoms with Crippen LogP contribution in [0.5, 0.6) is 34.5 Å². The Bertz CT molecular complexity index is 5010. The molecule has 3 saturated heterocycles. The predicted octanol–water partition coefficient (Wildman–Crippen LogP) is 15.6.